The van der Waals surface area contributed by atoms with Gasteiger partial charge in [-0.2, -0.15) is 5.10 Å². The highest BCUT2D eigenvalue weighted by atomic mass is 19.2. The molecule has 21 heavy (non-hydrogen) atoms. The van der Waals surface area contributed by atoms with Crippen molar-refractivity contribution in [3.8, 4) is 0 Å². The molecule has 2 rings (SSSR count). The summed E-state index contributed by atoms with van der Waals surface area (Å²) >= 11 is 0. The van der Waals surface area contributed by atoms with E-state index in [1.165, 1.54) is 11.9 Å². The van der Waals surface area contributed by atoms with Crippen LogP contribution in [-0.4, -0.2) is 33.0 Å². The molecule has 0 fully saturated rings. The number of carbonyl (C=O) groups excluding carboxylic acids is 1. The first kappa shape index (κ1) is 14.8. The van der Waals surface area contributed by atoms with Crippen LogP contribution in [0.15, 0.2) is 16.9 Å². The van der Waals surface area contributed by atoms with Crippen molar-refractivity contribution in [1.82, 2.24) is 20.1 Å². The Labute approximate surface area is 116 Å². The lowest BCUT2D eigenvalue weighted by atomic mass is 10.1. The third-order valence-corrected chi connectivity index (χ3v) is 2.79. The second-order valence-corrected chi connectivity index (χ2v) is 4.41. The Bertz CT molecular complexity index is 726. The van der Waals surface area contributed by atoms with E-state index in [9.17, 15) is 22.8 Å². The Balaban J connectivity index is 2.07. The lowest BCUT2D eigenvalue weighted by Crippen LogP contribution is -2.28. The fourth-order valence-corrected chi connectivity index (χ4v) is 1.69. The molecule has 9 heteroatoms. The molecule has 0 saturated heterocycles. The van der Waals surface area contributed by atoms with E-state index in [4.69, 9.17) is 0 Å². The third-order valence-electron chi connectivity index (χ3n) is 2.79. The molecule has 0 atom stereocenters. The van der Waals surface area contributed by atoms with Gasteiger partial charge in [0.05, 0.1) is 13.0 Å². The molecule has 0 aliphatic carbocycles. The molecule has 1 amide bonds. The van der Waals surface area contributed by atoms with E-state index < -0.39 is 35.5 Å². The Kier molecular flexibility index (Phi) is 4.10. The van der Waals surface area contributed by atoms with Crippen molar-refractivity contribution < 1.29 is 18.0 Å². The van der Waals surface area contributed by atoms with Gasteiger partial charge in [0.2, 0.25) is 5.91 Å². The second kappa shape index (κ2) is 5.81. The average Bonchev–Trinajstić information content (AvgIpc) is 2.81. The first-order valence-corrected chi connectivity index (χ1v) is 5.87. The van der Waals surface area contributed by atoms with E-state index >= 15 is 0 Å². The van der Waals surface area contributed by atoms with Crippen LogP contribution in [0.3, 0.4) is 0 Å². The predicted molar refractivity (Wildman–Crippen MR) is 65.7 cm³/mol. The van der Waals surface area contributed by atoms with Crippen LogP contribution in [0.1, 0.15) is 11.4 Å². The summed E-state index contributed by atoms with van der Waals surface area (Å²) in [6.07, 6.45) is -0.436. The average molecular weight is 300 g/mol. The highest BCUT2D eigenvalue weighted by molar-refractivity contribution is 5.78. The number of nitrogens with zero attached hydrogens (tertiary/aromatic N) is 2. The van der Waals surface area contributed by atoms with E-state index in [0.717, 1.165) is 0 Å². The molecule has 0 radical (unpaired) electrons. The van der Waals surface area contributed by atoms with Crippen LogP contribution < -0.4 is 5.69 Å². The molecule has 0 spiro atoms. The Morgan fingerprint density at radius 2 is 1.90 bits per heavy atom. The van der Waals surface area contributed by atoms with Crippen molar-refractivity contribution in [3.63, 3.8) is 0 Å². The highest BCUT2D eigenvalue weighted by Gasteiger charge is 2.16. The lowest BCUT2D eigenvalue weighted by Gasteiger charge is -2.15. The number of likely N-dealkylation sites (N-methyl/N-ethyl adjacent to an activating group) is 1. The van der Waals surface area contributed by atoms with Crippen LogP contribution in [-0.2, 0) is 17.8 Å². The van der Waals surface area contributed by atoms with Crippen molar-refractivity contribution in [3.05, 3.63) is 51.5 Å². The van der Waals surface area contributed by atoms with Crippen molar-refractivity contribution >= 4 is 5.91 Å². The summed E-state index contributed by atoms with van der Waals surface area (Å²) in [6, 6.07) is 1.04. The number of H-pyrrole nitrogens is 2. The van der Waals surface area contributed by atoms with Gasteiger partial charge in [-0.3, -0.25) is 9.78 Å². The van der Waals surface area contributed by atoms with Gasteiger partial charge < -0.3 is 4.90 Å². The predicted octanol–water partition coefficient (Wildman–Crippen LogP) is 0.716. The monoisotopic (exact) mass is 300 g/mol. The second-order valence-electron chi connectivity index (χ2n) is 4.41. The normalized spacial score (nSPS) is 10.7. The molecule has 6 nitrogen and oxygen atoms in total. The molecule has 0 bridgehead atoms. The van der Waals surface area contributed by atoms with Gasteiger partial charge in [-0.15, -0.1) is 0 Å². The van der Waals surface area contributed by atoms with Crippen LogP contribution in [0.2, 0.25) is 0 Å². The molecular weight excluding hydrogens is 289 g/mol. The number of hydrogen-bond acceptors (Lipinski definition) is 3. The van der Waals surface area contributed by atoms with E-state index in [1.807, 2.05) is 0 Å². The number of aromatic amines is 2. The molecule has 1 heterocycles. The highest BCUT2D eigenvalue weighted by Crippen LogP contribution is 2.15. The molecule has 2 aromatic rings. The number of hydrogen-bond donors (Lipinski definition) is 2. The van der Waals surface area contributed by atoms with Crippen LogP contribution in [0.25, 0.3) is 0 Å². The molecule has 0 aliphatic heterocycles. The number of aromatic nitrogens is 3. The first-order valence-electron chi connectivity index (χ1n) is 5.87. The van der Waals surface area contributed by atoms with Crippen LogP contribution in [0.5, 0.6) is 0 Å². The SMILES string of the molecule is CN(Cc1n[nH]c(=O)[nH]1)C(=O)Cc1cc(F)c(F)cc1F. The van der Waals surface area contributed by atoms with Crippen molar-refractivity contribution in [1.29, 1.82) is 0 Å². The quantitative estimate of drug-likeness (QED) is 0.816. The zero-order chi connectivity index (χ0) is 15.6. The maximum absolute atomic E-state index is 13.4. The van der Waals surface area contributed by atoms with Crippen LogP contribution in [0.4, 0.5) is 13.2 Å². The number of carbonyl (C=O) groups is 1. The minimum Gasteiger partial charge on any atom is -0.338 e. The summed E-state index contributed by atoms with van der Waals surface area (Å²) < 4.78 is 39.3. The molecule has 0 unspecified atom stereocenters. The molecule has 1 aromatic carbocycles. The van der Waals surface area contributed by atoms with Crippen molar-refractivity contribution in [2.45, 2.75) is 13.0 Å². The van der Waals surface area contributed by atoms with Gasteiger partial charge in [-0.1, -0.05) is 0 Å². The summed E-state index contributed by atoms with van der Waals surface area (Å²) in [7, 11) is 1.41. The maximum Gasteiger partial charge on any atom is 0.340 e. The third kappa shape index (κ3) is 3.50. The summed E-state index contributed by atoms with van der Waals surface area (Å²) in [5.41, 5.74) is -0.765. The van der Waals surface area contributed by atoms with E-state index in [0.29, 0.717) is 12.1 Å². The minimum atomic E-state index is -1.31. The van der Waals surface area contributed by atoms with Gasteiger partial charge in [0.15, 0.2) is 17.5 Å². The van der Waals surface area contributed by atoms with E-state index in [-0.39, 0.29) is 17.9 Å². The zero-order valence-corrected chi connectivity index (χ0v) is 10.9. The van der Waals surface area contributed by atoms with Gasteiger partial charge in [-0.25, -0.2) is 23.1 Å². The van der Waals surface area contributed by atoms with Crippen LogP contribution in [0, 0.1) is 17.5 Å². The smallest absolute Gasteiger partial charge is 0.338 e. The summed E-state index contributed by atoms with van der Waals surface area (Å²) in [5, 5.41) is 5.75. The summed E-state index contributed by atoms with van der Waals surface area (Å²) in [4.78, 5) is 26.3. The van der Waals surface area contributed by atoms with Crippen molar-refractivity contribution in [2.75, 3.05) is 7.05 Å². The fourth-order valence-electron chi connectivity index (χ4n) is 1.69. The Hall–Kier alpha value is -2.58. The first-order chi connectivity index (χ1) is 9.86. The van der Waals surface area contributed by atoms with Crippen molar-refractivity contribution in [2.24, 2.45) is 0 Å². The maximum atomic E-state index is 13.4. The lowest BCUT2D eigenvalue weighted by molar-refractivity contribution is -0.129. The van der Waals surface area contributed by atoms with E-state index in [2.05, 4.69) is 15.2 Å². The number of amides is 1. The number of nitrogens with one attached hydrogen (secondary N) is 2. The minimum absolute atomic E-state index is 0.0110. The fraction of sp³-hybridized carbons (Fsp3) is 0.250. The van der Waals surface area contributed by atoms with Crippen LogP contribution >= 0.6 is 0 Å². The van der Waals surface area contributed by atoms with Gasteiger partial charge >= 0.3 is 5.69 Å². The largest absolute Gasteiger partial charge is 0.340 e. The standard InChI is InChI=1S/C12H11F3N4O2/c1-19(5-10-16-12(21)18-17-10)11(20)3-6-2-8(14)9(15)4-7(6)13/h2,4H,3,5H2,1H3,(H2,16,17,18,21). The zero-order valence-electron chi connectivity index (χ0n) is 10.9. The number of halogens is 3. The van der Waals surface area contributed by atoms with Gasteiger partial charge in [0.25, 0.3) is 0 Å². The molecule has 1 aromatic heterocycles. The summed E-state index contributed by atoms with van der Waals surface area (Å²) in [5.74, 6) is -3.85. The number of rotatable bonds is 4. The number of benzene rings is 1. The Morgan fingerprint density at radius 3 is 2.52 bits per heavy atom. The molecular formula is C12H11F3N4O2. The van der Waals surface area contributed by atoms with Gasteiger partial charge in [0.1, 0.15) is 5.82 Å². The van der Waals surface area contributed by atoms with Gasteiger partial charge in [0, 0.05) is 18.7 Å². The topological polar surface area (TPSA) is 81.8 Å². The summed E-state index contributed by atoms with van der Waals surface area (Å²) in [6.45, 7) is -0.0110. The molecule has 2 N–H and O–H groups in total. The molecule has 0 saturated carbocycles. The van der Waals surface area contributed by atoms with Gasteiger partial charge in [-0.05, 0) is 6.07 Å². The molecule has 112 valence electrons. The van der Waals surface area contributed by atoms with E-state index in [1.54, 1.807) is 0 Å². The molecule has 0 aliphatic rings. The Morgan fingerprint density at radius 1 is 1.24 bits per heavy atom.